The average molecular weight is 578 g/mol. The molecule has 1 aliphatic carbocycles. The highest BCUT2D eigenvalue weighted by Gasteiger charge is 2.36. The van der Waals surface area contributed by atoms with E-state index >= 15 is 0 Å². The molecule has 1 aromatic heterocycles. The van der Waals surface area contributed by atoms with Crippen molar-refractivity contribution in [3.8, 4) is 5.69 Å². The largest absolute Gasteiger partial charge is 0.333 e. The number of hydrogen-bond donors (Lipinski definition) is 0. The molecule has 7 aromatic rings. The van der Waals surface area contributed by atoms with Crippen LogP contribution in [0.15, 0.2) is 176 Å². The zero-order valence-corrected chi connectivity index (χ0v) is 24.8. The van der Waals surface area contributed by atoms with Crippen molar-refractivity contribution in [2.75, 3.05) is 9.80 Å². The highest BCUT2D eigenvalue weighted by atomic mass is 15.2. The first-order valence-electron chi connectivity index (χ1n) is 15.6. The second-order valence-electron chi connectivity index (χ2n) is 11.8. The lowest BCUT2D eigenvalue weighted by Crippen LogP contribution is -2.29. The summed E-state index contributed by atoms with van der Waals surface area (Å²) in [4.78, 5) is 4.93. The van der Waals surface area contributed by atoms with Gasteiger partial charge in [0.15, 0.2) is 0 Å². The summed E-state index contributed by atoms with van der Waals surface area (Å²) in [7, 11) is 0. The number of fused-ring (bicyclic) bond motifs is 6. The smallest absolute Gasteiger partial charge is 0.0634 e. The zero-order chi connectivity index (χ0) is 29.7. The quantitative estimate of drug-likeness (QED) is 0.202. The Balaban J connectivity index is 1.21. The van der Waals surface area contributed by atoms with Gasteiger partial charge in [0.2, 0.25) is 0 Å². The lowest BCUT2D eigenvalue weighted by molar-refractivity contribution is 0.820. The molecule has 0 radical (unpaired) electrons. The number of para-hydroxylation sites is 5. The molecule has 0 spiro atoms. The maximum Gasteiger partial charge on any atom is 0.0634 e. The van der Waals surface area contributed by atoms with E-state index < -0.39 is 0 Å². The lowest BCUT2D eigenvalue weighted by atomic mass is 9.93. The van der Waals surface area contributed by atoms with E-state index in [1.807, 2.05) is 0 Å². The van der Waals surface area contributed by atoms with Crippen molar-refractivity contribution in [1.82, 2.24) is 4.57 Å². The molecule has 0 saturated heterocycles. The van der Waals surface area contributed by atoms with E-state index in [9.17, 15) is 0 Å². The van der Waals surface area contributed by atoms with Crippen LogP contribution in [-0.2, 0) is 0 Å². The normalized spacial score (nSPS) is 15.5. The monoisotopic (exact) mass is 577 g/mol. The van der Waals surface area contributed by atoms with Crippen LogP contribution < -0.4 is 9.80 Å². The Hall–Kier alpha value is -5.80. The van der Waals surface area contributed by atoms with Crippen molar-refractivity contribution in [1.29, 1.82) is 0 Å². The van der Waals surface area contributed by atoms with Crippen molar-refractivity contribution >= 4 is 50.1 Å². The van der Waals surface area contributed by atoms with Crippen LogP contribution in [0.3, 0.4) is 0 Å². The average Bonchev–Trinajstić information content (AvgIpc) is 3.62. The first kappa shape index (κ1) is 25.7. The predicted octanol–water partition coefficient (Wildman–Crippen LogP) is 10.8. The minimum atomic E-state index is 0.262. The number of anilines is 4. The van der Waals surface area contributed by atoms with Crippen LogP contribution in [0.2, 0.25) is 0 Å². The van der Waals surface area contributed by atoms with Crippen molar-refractivity contribution in [3.63, 3.8) is 0 Å². The molecular formula is C42H31N3. The molecular weight excluding hydrogens is 546 g/mol. The summed E-state index contributed by atoms with van der Waals surface area (Å²) in [5.74, 6) is 0. The lowest BCUT2D eigenvalue weighted by Gasteiger charge is -2.33. The van der Waals surface area contributed by atoms with E-state index in [0.29, 0.717) is 0 Å². The highest BCUT2D eigenvalue weighted by Crippen LogP contribution is 2.49. The van der Waals surface area contributed by atoms with Crippen LogP contribution in [0.1, 0.15) is 12.0 Å². The third kappa shape index (κ3) is 4.12. The van der Waals surface area contributed by atoms with Gasteiger partial charge in [0.1, 0.15) is 0 Å². The standard InChI is InChI=1S/C42H31N3/c1-4-14-30(15-5-1)43(33-24-26-41-37(28-33)35-20-10-12-22-39(35)44(41)31-16-6-2-7-17-31)34-25-27-42-38(29-34)36-21-11-13-23-40(36)45(42)32-18-8-3-9-19-32/h1-26,28-29,42H,27H2. The molecule has 1 aliphatic heterocycles. The van der Waals surface area contributed by atoms with Crippen LogP contribution in [0.25, 0.3) is 33.1 Å². The van der Waals surface area contributed by atoms with Gasteiger partial charge in [-0.15, -0.1) is 0 Å². The van der Waals surface area contributed by atoms with E-state index in [0.717, 1.165) is 17.8 Å². The summed E-state index contributed by atoms with van der Waals surface area (Å²) < 4.78 is 2.38. The molecule has 0 saturated carbocycles. The number of aromatic nitrogens is 1. The molecule has 6 aromatic carbocycles. The molecule has 45 heavy (non-hydrogen) atoms. The van der Waals surface area contributed by atoms with E-state index in [1.165, 1.54) is 55.7 Å². The summed E-state index contributed by atoms with van der Waals surface area (Å²) in [6.45, 7) is 0. The van der Waals surface area contributed by atoms with Gasteiger partial charge in [-0.2, -0.15) is 0 Å². The molecule has 3 nitrogen and oxygen atoms in total. The first-order valence-corrected chi connectivity index (χ1v) is 15.6. The maximum absolute atomic E-state index is 2.51. The molecule has 3 heteroatoms. The van der Waals surface area contributed by atoms with Crippen molar-refractivity contribution < 1.29 is 0 Å². The topological polar surface area (TPSA) is 11.4 Å². The van der Waals surface area contributed by atoms with Gasteiger partial charge in [-0.3, -0.25) is 0 Å². The van der Waals surface area contributed by atoms with Gasteiger partial charge in [-0.25, -0.2) is 0 Å². The summed E-state index contributed by atoms with van der Waals surface area (Å²) in [6.07, 6.45) is 5.75. The number of benzene rings is 6. The number of hydrogen-bond acceptors (Lipinski definition) is 2. The van der Waals surface area contributed by atoms with E-state index in [-0.39, 0.29) is 6.04 Å². The Bertz CT molecular complexity index is 2240. The molecule has 0 N–H and O–H groups in total. The Morgan fingerprint density at radius 1 is 0.533 bits per heavy atom. The molecule has 9 rings (SSSR count). The molecule has 1 unspecified atom stereocenters. The van der Waals surface area contributed by atoms with Gasteiger partial charge >= 0.3 is 0 Å². The van der Waals surface area contributed by atoms with Gasteiger partial charge in [0.05, 0.1) is 17.1 Å². The first-order chi connectivity index (χ1) is 22.3. The van der Waals surface area contributed by atoms with Crippen LogP contribution in [-0.4, -0.2) is 10.6 Å². The van der Waals surface area contributed by atoms with Crippen LogP contribution in [0, 0.1) is 0 Å². The maximum atomic E-state index is 2.51. The minimum absolute atomic E-state index is 0.262. The summed E-state index contributed by atoms with van der Waals surface area (Å²) in [5.41, 5.74) is 12.3. The fourth-order valence-electron chi connectivity index (χ4n) is 7.31. The Kier molecular flexibility index (Phi) is 5.95. The van der Waals surface area contributed by atoms with Crippen molar-refractivity contribution in [2.45, 2.75) is 12.5 Å². The summed E-state index contributed by atoms with van der Waals surface area (Å²) in [6, 6.07) is 57.0. The van der Waals surface area contributed by atoms with Gasteiger partial charge < -0.3 is 14.4 Å². The van der Waals surface area contributed by atoms with Gasteiger partial charge in [0, 0.05) is 50.5 Å². The SMILES string of the molecule is C1=C2c3ccccc3N(c3ccccc3)C2CC=C1N(c1ccccc1)c1ccc2c(c1)c1ccccc1n2-c1ccccc1. The van der Waals surface area contributed by atoms with E-state index in [2.05, 4.69) is 184 Å². The fourth-order valence-corrected chi connectivity index (χ4v) is 7.31. The molecule has 0 fully saturated rings. The predicted molar refractivity (Wildman–Crippen MR) is 189 cm³/mol. The van der Waals surface area contributed by atoms with Crippen LogP contribution in [0.5, 0.6) is 0 Å². The summed E-state index contributed by atoms with van der Waals surface area (Å²) >= 11 is 0. The Morgan fingerprint density at radius 3 is 1.98 bits per heavy atom. The Labute approximate surface area is 263 Å². The molecule has 0 amide bonds. The molecule has 214 valence electrons. The number of nitrogens with zero attached hydrogens (tertiary/aromatic N) is 3. The molecule has 2 aliphatic rings. The molecule has 0 bridgehead atoms. The highest BCUT2D eigenvalue weighted by molar-refractivity contribution is 6.10. The minimum Gasteiger partial charge on any atom is -0.333 e. The zero-order valence-electron chi connectivity index (χ0n) is 24.8. The van der Waals surface area contributed by atoms with E-state index in [1.54, 1.807) is 0 Å². The van der Waals surface area contributed by atoms with Crippen molar-refractivity contribution in [3.05, 3.63) is 181 Å². The van der Waals surface area contributed by atoms with Gasteiger partial charge in [-0.05, 0) is 84.8 Å². The second-order valence-corrected chi connectivity index (χ2v) is 11.8. The Morgan fingerprint density at radius 2 is 1.18 bits per heavy atom. The second kappa shape index (κ2) is 10.4. The molecule has 1 atom stereocenters. The van der Waals surface area contributed by atoms with Crippen molar-refractivity contribution in [2.24, 2.45) is 0 Å². The number of rotatable bonds is 5. The third-order valence-electron chi connectivity index (χ3n) is 9.23. The van der Waals surface area contributed by atoms with Crippen LogP contribution >= 0.6 is 0 Å². The summed E-state index contributed by atoms with van der Waals surface area (Å²) in [5, 5.41) is 2.50. The van der Waals surface area contributed by atoms with Gasteiger partial charge in [-0.1, -0.05) is 97.1 Å². The molecule has 2 heterocycles. The third-order valence-corrected chi connectivity index (χ3v) is 9.23. The fraction of sp³-hybridized carbons (Fsp3) is 0.0476. The van der Waals surface area contributed by atoms with Gasteiger partial charge in [0.25, 0.3) is 0 Å². The van der Waals surface area contributed by atoms with E-state index in [4.69, 9.17) is 0 Å². The van der Waals surface area contributed by atoms with Crippen LogP contribution in [0.4, 0.5) is 22.7 Å². The number of allylic oxidation sites excluding steroid dienone is 1.